The third kappa shape index (κ3) is 6.99. The molecule has 0 aliphatic carbocycles. The van der Waals surface area contributed by atoms with Crippen molar-refractivity contribution in [1.29, 1.82) is 0 Å². The van der Waals surface area contributed by atoms with Gasteiger partial charge >= 0.3 is 12.1 Å². The van der Waals surface area contributed by atoms with Crippen LogP contribution in [0.5, 0.6) is 0 Å². The quantitative estimate of drug-likeness (QED) is 0.731. The van der Waals surface area contributed by atoms with Crippen molar-refractivity contribution in [2.45, 2.75) is 45.3 Å². The first-order valence-corrected chi connectivity index (χ1v) is 10.7. The van der Waals surface area contributed by atoms with Crippen molar-refractivity contribution in [2.24, 2.45) is 5.92 Å². The molecule has 172 valence electrons. The Morgan fingerprint density at radius 2 is 2.19 bits per heavy atom. The van der Waals surface area contributed by atoms with Gasteiger partial charge in [0.05, 0.1) is 36.2 Å². The Bertz CT molecular complexity index is 851. The molecule has 0 aromatic carbocycles. The van der Waals surface area contributed by atoms with Crippen LogP contribution in [0.15, 0.2) is 17.6 Å². The molecule has 2 unspecified atom stereocenters. The van der Waals surface area contributed by atoms with Crippen LogP contribution in [-0.4, -0.2) is 69.3 Å². The number of fused-ring (bicyclic) bond motifs is 1. The summed E-state index contributed by atoms with van der Waals surface area (Å²) in [7, 11) is 0. The number of carboxylic acid groups (broad SMARTS) is 1. The number of carboxylic acids is 1. The van der Waals surface area contributed by atoms with Crippen LogP contribution in [0.3, 0.4) is 0 Å². The number of ether oxygens (including phenoxy) is 2. The zero-order chi connectivity index (χ0) is 22.4. The van der Waals surface area contributed by atoms with Gasteiger partial charge in [-0.05, 0) is 19.4 Å². The lowest BCUT2D eigenvalue weighted by molar-refractivity contribution is -0.192. The van der Waals surface area contributed by atoms with E-state index in [1.54, 1.807) is 11.3 Å². The molecule has 31 heavy (non-hydrogen) atoms. The first-order valence-electron chi connectivity index (χ1n) is 9.83. The summed E-state index contributed by atoms with van der Waals surface area (Å²) < 4.78 is 45.4. The number of thiazole rings is 1. The van der Waals surface area contributed by atoms with Crippen LogP contribution in [0.1, 0.15) is 22.8 Å². The Morgan fingerprint density at radius 1 is 1.42 bits per heavy atom. The average molecular weight is 462 g/mol. The number of hydrogen-bond acceptors (Lipinski definition) is 7. The Balaban J connectivity index is 0.000000339. The summed E-state index contributed by atoms with van der Waals surface area (Å²) in [5, 5.41) is 14.8. The van der Waals surface area contributed by atoms with Crippen molar-refractivity contribution >= 4 is 17.3 Å². The minimum absolute atomic E-state index is 0.437. The summed E-state index contributed by atoms with van der Waals surface area (Å²) in [4.78, 5) is 15.9. The van der Waals surface area contributed by atoms with E-state index < -0.39 is 12.1 Å². The predicted molar refractivity (Wildman–Crippen MR) is 106 cm³/mol. The molecule has 12 heteroatoms. The standard InChI is InChI=1S/C17H24N4O2S.C2HF3O2/c1-13-19-15(12-24-13)10-23-9-14-6-20(17-3-5-22-11-17)8-16-2-4-18-21(16)7-14;3-2(4,5)1(6)7/h2,4,12,14,17H,3,5-11H2,1H3;(H,6,7). The van der Waals surface area contributed by atoms with Gasteiger partial charge in [0.15, 0.2) is 0 Å². The Labute approximate surface area is 181 Å². The average Bonchev–Trinajstić information content (AvgIpc) is 3.43. The highest BCUT2D eigenvalue weighted by Gasteiger charge is 2.38. The van der Waals surface area contributed by atoms with E-state index in [-0.39, 0.29) is 0 Å². The number of carbonyl (C=O) groups is 1. The van der Waals surface area contributed by atoms with Crippen LogP contribution in [0.4, 0.5) is 13.2 Å². The molecule has 0 radical (unpaired) electrons. The highest BCUT2D eigenvalue weighted by Crippen LogP contribution is 2.22. The fourth-order valence-electron chi connectivity index (χ4n) is 3.56. The second-order valence-corrected chi connectivity index (χ2v) is 8.56. The van der Waals surface area contributed by atoms with Gasteiger partial charge in [-0.25, -0.2) is 9.78 Å². The van der Waals surface area contributed by atoms with Gasteiger partial charge in [-0.15, -0.1) is 11.3 Å². The Kier molecular flexibility index (Phi) is 8.03. The van der Waals surface area contributed by atoms with E-state index in [0.29, 0.717) is 18.6 Å². The first kappa shape index (κ1) is 23.6. The molecule has 0 amide bonds. The SMILES string of the molecule is Cc1nc(COCC2CN(C3CCOC3)Cc3ccnn3C2)cs1.O=C(O)C(F)(F)F. The Morgan fingerprint density at radius 3 is 2.81 bits per heavy atom. The molecule has 2 atom stereocenters. The summed E-state index contributed by atoms with van der Waals surface area (Å²) in [6.07, 6.45) is -2.06. The van der Waals surface area contributed by atoms with Crippen molar-refractivity contribution < 1.29 is 32.5 Å². The summed E-state index contributed by atoms with van der Waals surface area (Å²) in [6, 6.07) is 2.65. The second kappa shape index (κ2) is 10.5. The molecule has 2 aromatic heterocycles. The highest BCUT2D eigenvalue weighted by atomic mass is 32.1. The van der Waals surface area contributed by atoms with E-state index in [4.69, 9.17) is 19.4 Å². The molecule has 4 rings (SSSR count). The predicted octanol–water partition coefficient (Wildman–Crippen LogP) is 2.72. The number of aliphatic carboxylic acids is 1. The molecule has 1 saturated heterocycles. The van der Waals surface area contributed by atoms with Crippen LogP contribution in [0.2, 0.25) is 0 Å². The van der Waals surface area contributed by atoms with Crippen molar-refractivity contribution in [3.05, 3.63) is 34.0 Å². The van der Waals surface area contributed by atoms with E-state index in [2.05, 4.69) is 31.1 Å². The molecule has 1 N–H and O–H groups in total. The van der Waals surface area contributed by atoms with Crippen LogP contribution >= 0.6 is 11.3 Å². The lowest BCUT2D eigenvalue weighted by atomic mass is 10.1. The smallest absolute Gasteiger partial charge is 0.475 e. The van der Waals surface area contributed by atoms with Crippen molar-refractivity contribution in [3.8, 4) is 0 Å². The van der Waals surface area contributed by atoms with E-state index in [9.17, 15) is 13.2 Å². The molecular formula is C19H25F3N4O4S. The van der Waals surface area contributed by atoms with Gasteiger partial charge in [-0.3, -0.25) is 9.58 Å². The maximum atomic E-state index is 10.6. The van der Waals surface area contributed by atoms with Crippen molar-refractivity contribution in [1.82, 2.24) is 19.7 Å². The zero-order valence-corrected chi connectivity index (χ0v) is 17.9. The second-order valence-electron chi connectivity index (χ2n) is 7.49. The molecule has 1 fully saturated rings. The van der Waals surface area contributed by atoms with Crippen LogP contribution in [0, 0.1) is 12.8 Å². The number of rotatable bonds is 5. The van der Waals surface area contributed by atoms with E-state index in [1.165, 1.54) is 5.69 Å². The van der Waals surface area contributed by atoms with Gasteiger partial charge in [0.1, 0.15) is 0 Å². The van der Waals surface area contributed by atoms with Crippen LogP contribution < -0.4 is 0 Å². The normalized spacial score (nSPS) is 21.8. The Hall–Kier alpha value is -2.02. The summed E-state index contributed by atoms with van der Waals surface area (Å²) in [5.74, 6) is -2.32. The summed E-state index contributed by atoms with van der Waals surface area (Å²) in [5.41, 5.74) is 2.33. The lowest BCUT2D eigenvalue weighted by Gasteiger charge is -2.28. The molecule has 0 bridgehead atoms. The number of nitrogens with zero attached hydrogens (tertiary/aromatic N) is 4. The fourth-order valence-corrected chi connectivity index (χ4v) is 4.16. The fraction of sp³-hybridized carbons (Fsp3) is 0.632. The van der Waals surface area contributed by atoms with Crippen molar-refractivity contribution in [3.63, 3.8) is 0 Å². The van der Waals surface area contributed by atoms with Gasteiger partial charge in [-0.1, -0.05) is 0 Å². The lowest BCUT2D eigenvalue weighted by Crippen LogP contribution is -2.38. The third-order valence-corrected chi connectivity index (χ3v) is 5.85. The molecule has 8 nitrogen and oxygen atoms in total. The molecule has 0 saturated carbocycles. The number of halogens is 3. The van der Waals surface area contributed by atoms with Crippen LogP contribution in [-0.2, 0) is 34.0 Å². The van der Waals surface area contributed by atoms with Gasteiger partial charge in [0.2, 0.25) is 0 Å². The van der Waals surface area contributed by atoms with Gasteiger partial charge in [0.25, 0.3) is 0 Å². The maximum absolute atomic E-state index is 10.6. The highest BCUT2D eigenvalue weighted by molar-refractivity contribution is 7.09. The van der Waals surface area contributed by atoms with Gasteiger partial charge < -0.3 is 14.6 Å². The molecule has 2 aromatic rings. The molecule has 2 aliphatic rings. The first-order chi connectivity index (χ1) is 14.7. The number of aryl methyl sites for hydroxylation is 1. The van der Waals surface area contributed by atoms with E-state index >= 15 is 0 Å². The van der Waals surface area contributed by atoms with Crippen molar-refractivity contribution in [2.75, 3.05) is 26.4 Å². The van der Waals surface area contributed by atoms with Gasteiger partial charge in [-0.2, -0.15) is 18.3 Å². The molecule has 4 heterocycles. The summed E-state index contributed by atoms with van der Waals surface area (Å²) in [6.45, 7) is 8.00. The van der Waals surface area contributed by atoms with Gasteiger partial charge in [0, 0.05) is 49.8 Å². The minimum atomic E-state index is -5.08. The zero-order valence-electron chi connectivity index (χ0n) is 17.0. The minimum Gasteiger partial charge on any atom is -0.475 e. The molecule has 0 spiro atoms. The topological polar surface area (TPSA) is 89.7 Å². The summed E-state index contributed by atoms with van der Waals surface area (Å²) >= 11 is 1.68. The molecule has 2 aliphatic heterocycles. The monoisotopic (exact) mass is 462 g/mol. The third-order valence-electron chi connectivity index (χ3n) is 5.03. The molecular weight excluding hydrogens is 437 g/mol. The maximum Gasteiger partial charge on any atom is 0.490 e. The largest absolute Gasteiger partial charge is 0.490 e. The number of hydrogen-bond donors (Lipinski definition) is 1. The van der Waals surface area contributed by atoms with Crippen LogP contribution in [0.25, 0.3) is 0 Å². The number of alkyl halides is 3. The number of aromatic nitrogens is 3. The van der Waals surface area contributed by atoms with E-state index in [1.807, 2.05) is 13.1 Å². The van der Waals surface area contributed by atoms with E-state index in [0.717, 1.165) is 56.6 Å².